The van der Waals surface area contributed by atoms with Crippen LogP contribution < -0.4 is 10.6 Å². The van der Waals surface area contributed by atoms with Gasteiger partial charge in [-0.1, -0.05) is 26.7 Å². The Morgan fingerprint density at radius 1 is 1.28 bits per heavy atom. The van der Waals surface area contributed by atoms with E-state index in [4.69, 9.17) is 0 Å². The SMILES string of the molecule is CCCCC(CC)C(=O)NC1CC2CCC(C1)N2. The second-order valence-electron chi connectivity index (χ2n) is 6.06. The Kier molecular flexibility index (Phi) is 5.04. The van der Waals surface area contributed by atoms with Gasteiger partial charge < -0.3 is 10.6 Å². The van der Waals surface area contributed by atoms with E-state index < -0.39 is 0 Å². The third-order valence-corrected chi connectivity index (χ3v) is 4.59. The van der Waals surface area contributed by atoms with Crippen molar-refractivity contribution in [3.8, 4) is 0 Å². The number of rotatable bonds is 6. The zero-order valence-electron chi connectivity index (χ0n) is 11.9. The molecule has 2 heterocycles. The Morgan fingerprint density at radius 3 is 2.50 bits per heavy atom. The van der Waals surface area contributed by atoms with Gasteiger partial charge in [0.25, 0.3) is 0 Å². The van der Waals surface area contributed by atoms with Crippen molar-refractivity contribution in [1.82, 2.24) is 10.6 Å². The van der Waals surface area contributed by atoms with Crippen LogP contribution in [0.5, 0.6) is 0 Å². The summed E-state index contributed by atoms with van der Waals surface area (Å²) >= 11 is 0. The summed E-state index contributed by atoms with van der Waals surface area (Å²) in [6.07, 6.45) is 9.23. The van der Waals surface area contributed by atoms with Gasteiger partial charge in [-0.25, -0.2) is 0 Å². The molecule has 2 N–H and O–H groups in total. The first-order valence-electron chi connectivity index (χ1n) is 7.79. The molecule has 0 aromatic rings. The number of fused-ring (bicyclic) bond motifs is 2. The molecule has 104 valence electrons. The first kappa shape index (κ1) is 13.9. The van der Waals surface area contributed by atoms with Gasteiger partial charge in [0.2, 0.25) is 5.91 Å². The molecule has 0 spiro atoms. The quantitative estimate of drug-likeness (QED) is 0.763. The van der Waals surface area contributed by atoms with Crippen LogP contribution in [0.2, 0.25) is 0 Å². The molecule has 1 amide bonds. The minimum atomic E-state index is 0.234. The predicted octanol–water partition coefficient (Wildman–Crippen LogP) is 2.60. The normalized spacial score (nSPS) is 32.2. The molecule has 0 radical (unpaired) electrons. The maximum Gasteiger partial charge on any atom is 0.223 e. The summed E-state index contributed by atoms with van der Waals surface area (Å²) in [7, 11) is 0. The first-order chi connectivity index (χ1) is 8.72. The Bertz CT molecular complexity index is 268. The summed E-state index contributed by atoms with van der Waals surface area (Å²) in [5.74, 6) is 0.537. The van der Waals surface area contributed by atoms with Crippen molar-refractivity contribution >= 4 is 5.91 Å². The fourth-order valence-electron chi connectivity index (χ4n) is 3.47. The van der Waals surface area contributed by atoms with Crippen molar-refractivity contribution < 1.29 is 4.79 Å². The summed E-state index contributed by atoms with van der Waals surface area (Å²) in [6, 6.07) is 1.74. The molecule has 3 atom stereocenters. The number of amides is 1. The molecule has 2 saturated heterocycles. The van der Waals surface area contributed by atoms with Crippen molar-refractivity contribution in [2.75, 3.05) is 0 Å². The van der Waals surface area contributed by atoms with E-state index in [-0.39, 0.29) is 5.92 Å². The van der Waals surface area contributed by atoms with Crippen LogP contribution in [-0.2, 0) is 4.79 Å². The lowest BCUT2D eigenvalue weighted by Crippen LogP contribution is -2.49. The van der Waals surface area contributed by atoms with Gasteiger partial charge in [-0.15, -0.1) is 0 Å². The highest BCUT2D eigenvalue weighted by atomic mass is 16.1. The molecule has 3 nitrogen and oxygen atoms in total. The van der Waals surface area contributed by atoms with Crippen LogP contribution in [0.1, 0.15) is 65.2 Å². The van der Waals surface area contributed by atoms with Crippen LogP contribution in [0, 0.1) is 5.92 Å². The minimum absolute atomic E-state index is 0.234. The standard InChI is InChI=1S/C15H28N2O/c1-3-5-6-11(4-2)15(18)17-14-9-12-7-8-13(10-14)16-12/h11-14,16H,3-10H2,1-2H3,(H,17,18). The van der Waals surface area contributed by atoms with Crippen LogP contribution in [0.25, 0.3) is 0 Å². The van der Waals surface area contributed by atoms with E-state index in [0.29, 0.717) is 24.0 Å². The van der Waals surface area contributed by atoms with Crippen LogP contribution in [0.15, 0.2) is 0 Å². The molecule has 3 heteroatoms. The van der Waals surface area contributed by atoms with Crippen molar-refractivity contribution in [1.29, 1.82) is 0 Å². The fraction of sp³-hybridized carbons (Fsp3) is 0.933. The lowest BCUT2D eigenvalue weighted by Gasteiger charge is -2.30. The second kappa shape index (κ2) is 6.55. The number of carbonyl (C=O) groups excluding carboxylic acids is 1. The number of hydrogen-bond donors (Lipinski definition) is 2. The Hall–Kier alpha value is -0.570. The summed E-state index contributed by atoms with van der Waals surface area (Å²) in [6.45, 7) is 4.32. The second-order valence-corrected chi connectivity index (χ2v) is 6.06. The number of piperidine rings is 1. The van der Waals surface area contributed by atoms with Gasteiger partial charge in [-0.2, -0.15) is 0 Å². The zero-order valence-corrected chi connectivity index (χ0v) is 11.9. The summed E-state index contributed by atoms with van der Waals surface area (Å²) in [4.78, 5) is 12.3. The van der Waals surface area contributed by atoms with Gasteiger partial charge in [0.1, 0.15) is 0 Å². The minimum Gasteiger partial charge on any atom is -0.353 e. The van der Waals surface area contributed by atoms with Crippen LogP contribution in [0.4, 0.5) is 0 Å². The highest BCUT2D eigenvalue weighted by Gasteiger charge is 2.34. The van der Waals surface area contributed by atoms with Crippen LogP contribution >= 0.6 is 0 Å². The molecular weight excluding hydrogens is 224 g/mol. The Labute approximate surface area is 111 Å². The third-order valence-electron chi connectivity index (χ3n) is 4.59. The monoisotopic (exact) mass is 252 g/mol. The molecule has 3 unspecified atom stereocenters. The average molecular weight is 252 g/mol. The van der Waals surface area contributed by atoms with Gasteiger partial charge in [-0.3, -0.25) is 4.79 Å². The van der Waals surface area contributed by atoms with E-state index in [1.54, 1.807) is 0 Å². The predicted molar refractivity (Wildman–Crippen MR) is 74.4 cm³/mol. The van der Waals surface area contributed by atoms with E-state index in [1.807, 2.05) is 0 Å². The molecule has 0 aromatic carbocycles. The van der Waals surface area contributed by atoms with Gasteiger partial charge in [0, 0.05) is 24.0 Å². The molecule has 0 saturated carbocycles. The molecule has 2 rings (SSSR count). The Balaban J connectivity index is 1.79. The van der Waals surface area contributed by atoms with E-state index in [0.717, 1.165) is 25.7 Å². The molecule has 0 aromatic heterocycles. The molecule has 2 aliphatic heterocycles. The third kappa shape index (κ3) is 3.47. The smallest absolute Gasteiger partial charge is 0.223 e. The molecule has 2 aliphatic rings. The number of unbranched alkanes of at least 4 members (excludes halogenated alkanes) is 1. The van der Waals surface area contributed by atoms with Crippen LogP contribution in [-0.4, -0.2) is 24.0 Å². The largest absolute Gasteiger partial charge is 0.353 e. The van der Waals surface area contributed by atoms with E-state index in [2.05, 4.69) is 24.5 Å². The topological polar surface area (TPSA) is 41.1 Å². The van der Waals surface area contributed by atoms with Gasteiger partial charge in [0.05, 0.1) is 0 Å². The van der Waals surface area contributed by atoms with Gasteiger partial charge >= 0.3 is 0 Å². The van der Waals surface area contributed by atoms with Crippen molar-refractivity contribution in [2.45, 2.75) is 83.3 Å². The first-order valence-corrected chi connectivity index (χ1v) is 7.79. The number of hydrogen-bond acceptors (Lipinski definition) is 2. The van der Waals surface area contributed by atoms with Gasteiger partial charge in [0.15, 0.2) is 0 Å². The summed E-state index contributed by atoms with van der Waals surface area (Å²) in [5, 5.41) is 6.92. The zero-order chi connectivity index (χ0) is 13.0. The molecule has 0 aliphatic carbocycles. The lowest BCUT2D eigenvalue weighted by molar-refractivity contribution is -0.126. The highest BCUT2D eigenvalue weighted by Crippen LogP contribution is 2.27. The van der Waals surface area contributed by atoms with E-state index >= 15 is 0 Å². The number of carbonyl (C=O) groups is 1. The number of nitrogens with one attached hydrogen (secondary N) is 2. The van der Waals surface area contributed by atoms with Crippen molar-refractivity contribution in [2.24, 2.45) is 5.92 Å². The Morgan fingerprint density at radius 2 is 1.94 bits per heavy atom. The maximum atomic E-state index is 12.3. The summed E-state index contributed by atoms with van der Waals surface area (Å²) in [5.41, 5.74) is 0. The lowest BCUT2D eigenvalue weighted by atomic mass is 9.95. The average Bonchev–Trinajstić information content (AvgIpc) is 2.70. The van der Waals surface area contributed by atoms with Crippen LogP contribution in [0.3, 0.4) is 0 Å². The molecule has 2 bridgehead atoms. The maximum absolute atomic E-state index is 12.3. The van der Waals surface area contributed by atoms with E-state index in [1.165, 1.54) is 25.7 Å². The summed E-state index contributed by atoms with van der Waals surface area (Å²) < 4.78 is 0. The molecule has 18 heavy (non-hydrogen) atoms. The van der Waals surface area contributed by atoms with Crippen molar-refractivity contribution in [3.05, 3.63) is 0 Å². The van der Waals surface area contributed by atoms with Gasteiger partial charge in [-0.05, 0) is 38.5 Å². The van der Waals surface area contributed by atoms with Crippen molar-refractivity contribution in [3.63, 3.8) is 0 Å². The molecule has 2 fully saturated rings. The fourth-order valence-corrected chi connectivity index (χ4v) is 3.47. The van der Waals surface area contributed by atoms with E-state index in [9.17, 15) is 4.79 Å². The molecular formula is C15H28N2O. The highest BCUT2D eigenvalue weighted by molar-refractivity contribution is 5.78.